The minimum Gasteiger partial charge on any atom is -0.349 e. The van der Waals surface area contributed by atoms with Gasteiger partial charge in [-0.25, -0.2) is 4.39 Å². The zero-order valence-electron chi connectivity index (χ0n) is 11.8. The summed E-state index contributed by atoms with van der Waals surface area (Å²) < 4.78 is 13.7. The third kappa shape index (κ3) is 4.57. The fourth-order valence-electron chi connectivity index (χ4n) is 2.08. The van der Waals surface area contributed by atoms with Crippen molar-refractivity contribution in [1.82, 2.24) is 5.32 Å². The lowest BCUT2D eigenvalue weighted by Crippen LogP contribution is -2.33. The van der Waals surface area contributed by atoms with Crippen molar-refractivity contribution in [1.29, 1.82) is 0 Å². The Labute approximate surface area is 128 Å². The SMILES string of the molecule is C[C@@H](CCc1ccccc1)NC(=O)c1ccc(Cl)cc1F. The van der Waals surface area contributed by atoms with Gasteiger partial charge in [0.25, 0.3) is 5.91 Å². The summed E-state index contributed by atoms with van der Waals surface area (Å²) in [6.45, 7) is 1.91. The molecule has 110 valence electrons. The predicted molar refractivity (Wildman–Crippen MR) is 83.1 cm³/mol. The second kappa shape index (κ2) is 7.23. The number of rotatable bonds is 5. The Morgan fingerprint density at radius 2 is 1.95 bits per heavy atom. The van der Waals surface area contributed by atoms with Gasteiger partial charge >= 0.3 is 0 Å². The van der Waals surface area contributed by atoms with Crippen LogP contribution in [0.1, 0.15) is 29.3 Å². The van der Waals surface area contributed by atoms with Crippen LogP contribution in [0.5, 0.6) is 0 Å². The standard InChI is InChI=1S/C17H17ClFNO/c1-12(7-8-13-5-3-2-4-6-13)20-17(21)15-10-9-14(18)11-16(15)19/h2-6,9-12H,7-8H2,1H3,(H,20,21)/t12-/m0/s1. The zero-order chi connectivity index (χ0) is 15.2. The van der Waals surface area contributed by atoms with E-state index >= 15 is 0 Å². The molecule has 2 rings (SSSR count). The van der Waals surface area contributed by atoms with Crippen molar-refractivity contribution in [2.24, 2.45) is 0 Å². The van der Waals surface area contributed by atoms with E-state index in [4.69, 9.17) is 11.6 Å². The van der Waals surface area contributed by atoms with E-state index in [1.807, 2.05) is 37.3 Å². The molecule has 0 aliphatic rings. The fraction of sp³-hybridized carbons (Fsp3) is 0.235. The number of hydrogen-bond donors (Lipinski definition) is 1. The number of nitrogens with one attached hydrogen (secondary N) is 1. The monoisotopic (exact) mass is 305 g/mol. The lowest BCUT2D eigenvalue weighted by Gasteiger charge is -2.14. The largest absolute Gasteiger partial charge is 0.349 e. The average Bonchev–Trinajstić information content (AvgIpc) is 2.46. The molecule has 0 spiro atoms. The highest BCUT2D eigenvalue weighted by Gasteiger charge is 2.14. The Kier molecular flexibility index (Phi) is 5.34. The number of amides is 1. The molecule has 21 heavy (non-hydrogen) atoms. The molecule has 0 aliphatic carbocycles. The lowest BCUT2D eigenvalue weighted by molar-refractivity contribution is 0.0934. The van der Waals surface area contributed by atoms with Gasteiger partial charge in [0.1, 0.15) is 5.82 Å². The van der Waals surface area contributed by atoms with Crippen LogP contribution in [0, 0.1) is 5.82 Å². The molecule has 0 aliphatic heterocycles. The van der Waals surface area contributed by atoms with Crippen molar-refractivity contribution in [2.75, 3.05) is 0 Å². The summed E-state index contributed by atoms with van der Waals surface area (Å²) in [5.74, 6) is -1.01. The molecule has 0 saturated carbocycles. The van der Waals surface area contributed by atoms with Gasteiger partial charge in [-0.3, -0.25) is 4.79 Å². The third-order valence-corrected chi connectivity index (χ3v) is 3.50. The van der Waals surface area contributed by atoms with Gasteiger partial charge in [0.15, 0.2) is 0 Å². The molecule has 2 aromatic carbocycles. The first-order valence-corrected chi connectivity index (χ1v) is 7.24. The minimum absolute atomic E-state index is 0.0194. The highest BCUT2D eigenvalue weighted by atomic mass is 35.5. The Morgan fingerprint density at radius 1 is 1.24 bits per heavy atom. The molecule has 1 amide bonds. The number of carbonyl (C=O) groups is 1. The molecule has 0 saturated heterocycles. The molecule has 0 fully saturated rings. The quantitative estimate of drug-likeness (QED) is 0.880. The number of carbonyl (C=O) groups excluding carboxylic acids is 1. The summed E-state index contributed by atoms with van der Waals surface area (Å²) in [4.78, 5) is 12.0. The van der Waals surface area contributed by atoms with Crippen LogP contribution < -0.4 is 5.32 Å². The highest BCUT2D eigenvalue weighted by molar-refractivity contribution is 6.30. The van der Waals surface area contributed by atoms with Crippen LogP contribution in [0.15, 0.2) is 48.5 Å². The first-order valence-electron chi connectivity index (χ1n) is 6.86. The van der Waals surface area contributed by atoms with Crippen molar-refractivity contribution in [2.45, 2.75) is 25.8 Å². The van der Waals surface area contributed by atoms with Gasteiger partial charge in [0.05, 0.1) is 5.56 Å². The van der Waals surface area contributed by atoms with Gasteiger partial charge < -0.3 is 5.32 Å². The Bertz CT molecular complexity index is 615. The van der Waals surface area contributed by atoms with E-state index < -0.39 is 11.7 Å². The van der Waals surface area contributed by atoms with Gasteiger partial charge in [-0.1, -0.05) is 41.9 Å². The molecule has 1 N–H and O–H groups in total. The van der Waals surface area contributed by atoms with Crippen LogP contribution in [-0.4, -0.2) is 11.9 Å². The van der Waals surface area contributed by atoms with Gasteiger partial charge in [0.2, 0.25) is 0 Å². The van der Waals surface area contributed by atoms with Gasteiger partial charge in [-0.15, -0.1) is 0 Å². The zero-order valence-corrected chi connectivity index (χ0v) is 12.5. The van der Waals surface area contributed by atoms with Crippen molar-refractivity contribution in [3.63, 3.8) is 0 Å². The molecular formula is C17H17ClFNO. The summed E-state index contributed by atoms with van der Waals surface area (Å²) in [5.41, 5.74) is 1.24. The van der Waals surface area contributed by atoms with E-state index in [2.05, 4.69) is 5.32 Å². The first-order chi connectivity index (χ1) is 10.1. The smallest absolute Gasteiger partial charge is 0.254 e. The summed E-state index contributed by atoms with van der Waals surface area (Å²) in [6.07, 6.45) is 1.66. The van der Waals surface area contributed by atoms with Gasteiger partial charge in [0, 0.05) is 11.1 Å². The van der Waals surface area contributed by atoms with E-state index in [0.717, 1.165) is 18.9 Å². The van der Waals surface area contributed by atoms with E-state index in [1.54, 1.807) is 0 Å². The second-order valence-electron chi connectivity index (χ2n) is 5.02. The first kappa shape index (κ1) is 15.5. The number of aryl methyl sites for hydroxylation is 1. The van der Waals surface area contributed by atoms with Crippen molar-refractivity contribution < 1.29 is 9.18 Å². The maximum absolute atomic E-state index is 13.7. The van der Waals surface area contributed by atoms with E-state index in [0.29, 0.717) is 0 Å². The number of hydrogen-bond acceptors (Lipinski definition) is 1. The molecule has 0 bridgehead atoms. The average molecular weight is 306 g/mol. The van der Waals surface area contributed by atoms with Crippen molar-refractivity contribution in [3.8, 4) is 0 Å². The summed E-state index contributed by atoms with van der Waals surface area (Å²) in [6, 6.07) is 14.1. The molecule has 4 heteroatoms. The number of halogens is 2. The summed E-state index contributed by atoms with van der Waals surface area (Å²) >= 11 is 5.67. The molecule has 1 atom stereocenters. The van der Waals surface area contributed by atoms with Gasteiger partial charge in [-0.05, 0) is 43.5 Å². The molecule has 2 aromatic rings. The van der Waals surface area contributed by atoms with Gasteiger partial charge in [-0.2, -0.15) is 0 Å². The predicted octanol–water partition coefficient (Wildman–Crippen LogP) is 4.23. The van der Waals surface area contributed by atoms with Crippen molar-refractivity contribution >= 4 is 17.5 Å². The van der Waals surface area contributed by atoms with Crippen LogP contribution in [0.25, 0.3) is 0 Å². The molecular weight excluding hydrogens is 289 g/mol. The molecule has 0 radical (unpaired) electrons. The molecule has 0 unspecified atom stereocenters. The highest BCUT2D eigenvalue weighted by Crippen LogP contribution is 2.15. The van der Waals surface area contributed by atoms with Crippen LogP contribution in [0.4, 0.5) is 4.39 Å². The number of benzene rings is 2. The maximum atomic E-state index is 13.7. The Hall–Kier alpha value is -1.87. The third-order valence-electron chi connectivity index (χ3n) is 3.26. The van der Waals surface area contributed by atoms with E-state index in [9.17, 15) is 9.18 Å². The molecule has 0 aromatic heterocycles. The lowest BCUT2D eigenvalue weighted by atomic mass is 10.1. The van der Waals surface area contributed by atoms with E-state index in [-0.39, 0.29) is 16.6 Å². The molecule has 2 nitrogen and oxygen atoms in total. The maximum Gasteiger partial charge on any atom is 0.254 e. The Balaban J connectivity index is 1.90. The van der Waals surface area contributed by atoms with Crippen LogP contribution in [-0.2, 0) is 6.42 Å². The van der Waals surface area contributed by atoms with Crippen LogP contribution >= 0.6 is 11.6 Å². The summed E-state index contributed by atoms with van der Waals surface area (Å²) in [5, 5.41) is 3.08. The molecule has 0 heterocycles. The fourth-order valence-corrected chi connectivity index (χ4v) is 2.23. The van der Waals surface area contributed by atoms with Crippen LogP contribution in [0.2, 0.25) is 5.02 Å². The topological polar surface area (TPSA) is 29.1 Å². The van der Waals surface area contributed by atoms with Crippen LogP contribution in [0.3, 0.4) is 0 Å². The normalized spacial score (nSPS) is 12.0. The minimum atomic E-state index is -0.602. The summed E-state index contributed by atoms with van der Waals surface area (Å²) in [7, 11) is 0. The Morgan fingerprint density at radius 3 is 2.62 bits per heavy atom. The second-order valence-corrected chi connectivity index (χ2v) is 5.46. The van der Waals surface area contributed by atoms with E-state index in [1.165, 1.54) is 17.7 Å². The van der Waals surface area contributed by atoms with Crippen molar-refractivity contribution in [3.05, 3.63) is 70.5 Å².